The predicted octanol–water partition coefficient (Wildman–Crippen LogP) is -1.53. The van der Waals surface area contributed by atoms with Crippen molar-refractivity contribution in [2.24, 2.45) is 7.05 Å². The fourth-order valence-corrected chi connectivity index (χ4v) is 6.47. The third-order valence-electron chi connectivity index (χ3n) is 6.04. The topological polar surface area (TPSA) is 219 Å². The number of carboxylic acids is 1. The number of carboxylic acid groups (broad SMARTS) is 1. The van der Waals surface area contributed by atoms with Crippen molar-refractivity contribution in [3.05, 3.63) is 35.4 Å². The van der Waals surface area contributed by atoms with Gasteiger partial charge >= 0.3 is 12.1 Å². The van der Waals surface area contributed by atoms with Gasteiger partial charge in [-0.05, 0) is 28.1 Å². The molecule has 3 aliphatic rings. The molecule has 0 saturated carbocycles. The summed E-state index contributed by atoms with van der Waals surface area (Å²) in [7, 11) is 1.64. The van der Waals surface area contributed by atoms with Gasteiger partial charge in [0, 0.05) is 18.6 Å². The fourth-order valence-electron chi connectivity index (χ4n) is 4.13. The highest BCUT2D eigenvalue weighted by molar-refractivity contribution is 8.01. The molecule has 2 aromatic rings. The van der Waals surface area contributed by atoms with Crippen molar-refractivity contribution in [1.82, 2.24) is 40.6 Å². The molecule has 0 bridgehead atoms. The van der Waals surface area contributed by atoms with Gasteiger partial charge in [0.1, 0.15) is 29.4 Å². The number of rotatable bonds is 10. The van der Waals surface area contributed by atoms with Crippen molar-refractivity contribution < 1.29 is 43.0 Å². The second-order valence-corrected chi connectivity index (χ2v) is 10.6. The van der Waals surface area contributed by atoms with Crippen LogP contribution in [0.3, 0.4) is 0 Å². The molecule has 5 rings (SSSR count). The zero-order chi connectivity index (χ0) is 28.6. The van der Waals surface area contributed by atoms with Gasteiger partial charge in [0.05, 0.1) is 6.26 Å². The summed E-state index contributed by atoms with van der Waals surface area (Å²) in [4.78, 5) is 76.1. The van der Waals surface area contributed by atoms with E-state index in [1.807, 2.05) is 0 Å². The maximum atomic E-state index is 13.2. The molecule has 2 saturated heterocycles. The molecule has 5 heterocycles. The first-order valence-corrected chi connectivity index (χ1v) is 13.5. The number of cyclic esters (lactones) is 1. The van der Waals surface area contributed by atoms with Crippen LogP contribution in [-0.4, -0.2) is 107 Å². The molecule has 5 amide bonds. The maximum absolute atomic E-state index is 13.2. The first-order valence-electron chi connectivity index (χ1n) is 11.5. The normalized spacial score (nSPS) is 21.1. The van der Waals surface area contributed by atoms with Crippen LogP contribution in [0.4, 0.5) is 4.79 Å². The highest BCUT2D eigenvalue weighted by Gasteiger charge is 2.54. The molecule has 3 atom stereocenters. The number of tetrazole rings is 1. The number of ether oxygens (including phenoxy) is 1. The van der Waals surface area contributed by atoms with Crippen LogP contribution >= 0.6 is 23.5 Å². The van der Waals surface area contributed by atoms with Crippen molar-refractivity contribution >= 4 is 59.2 Å². The Morgan fingerprint density at radius 3 is 2.73 bits per heavy atom. The molecule has 0 radical (unpaired) electrons. The molecule has 3 aliphatic heterocycles. The summed E-state index contributed by atoms with van der Waals surface area (Å²) < 4.78 is 11.3. The standard InChI is InChI=1S/C21H20N8O9S2/c1-27-20(24-25-26-27)40-8-9-7-39-18-14(17(33)29(18)15(9)19(34)35)23-16(32)13(10-3-2-4-37-10)22-11(30)5-28-12(31)6-38-21(28)36/h2-4,13-14,18H,5-8H2,1H3,(H,22,30)(H,23,32)(H,34,35)/t13?,14-,18?/m0/s1. The highest BCUT2D eigenvalue weighted by Crippen LogP contribution is 2.41. The minimum absolute atomic E-state index is 0.0322. The molecule has 2 aromatic heterocycles. The zero-order valence-electron chi connectivity index (χ0n) is 20.5. The molecular weight excluding hydrogens is 572 g/mol. The summed E-state index contributed by atoms with van der Waals surface area (Å²) in [5.41, 5.74) is 0.329. The molecular formula is C21H20N8O9S2. The number of aryl methyl sites for hydroxylation is 1. The van der Waals surface area contributed by atoms with E-state index in [9.17, 15) is 33.9 Å². The summed E-state index contributed by atoms with van der Waals surface area (Å²) >= 11 is 2.49. The van der Waals surface area contributed by atoms with Crippen LogP contribution in [0, 0.1) is 0 Å². The third kappa shape index (κ3) is 5.11. The Morgan fingerprint density at radius 2 is 2.10 bits per heavy atom. The molecule has 0 aliphatic carbocycles. The Kier molecular flexibility index (Phi) is 7.48. The number of β-lactam (4-membered cyclic amide) rings is 1. The first-order chi connectivity index (χ1) is 19.2. The van der Waals surface area contributed by atoms with E-state index in [1.165, 1.54) is 46.6 Å². The van der Waals surface area contributed by atoms with Gasteiger partial charge in [0.2, 0.25) is 11.1 Å². The van der Waals surface area contributed by atoms with Crippen molar-refractivity contribution in [3.63, 3.8) is 0 Å². The molecule has 2 unspecified atom stereocenters. The van der Waals surface area contributed by atoms with E-state index < -0.39 is 66.3 Å². The van der Waals surface area contributed by atoms with Gasteiger partial charge < -0.3 is 24.9 Å². The van der Waals surface area contributed by atoms with Gasteiger partial charge in [-0.3, -0.25) is 24.1 Å². The molecule has 3 N–H and O–H groups in total. The number of furan rings is 1. The van der Waals surface area contributed by atoms with Crippen molar-refractivity contribution in [3.8, 4) is 0 Å². The van der Waals surface area contributed by atoms with Gasteiger partial charge in [-0.15, -0.1) is 16.9 Å². The highest BCUT2D eigenvalue weighted by atomic mass is 32.2. The predicted molar refractivity (Wildman–Crippen MR) is 132 cm³/mol. The summed E-state index contributed by atoms with van der Waals surface area (Å²) in [6.45, 7) is -1.17. The number of hydrogen-bond donors (Lipinski definition) is 3. The van der Waals surface area contributed by atoms with Gasteiger partial charge in [0.15, 0.2) is 12.6 Å². The number of hydrogen-bond acceptors (Lipinski definition) is 13. The summed E-state index contributed by atoms with van der Waals surface area (Å²) in [6.07, 6.45) is 0.290. The number of carbonyl (C=O) groups excluding carboxylic acids is 5. The largest absolute Gasteiger partial charge is 0.477 e. The van der Waals surface area contributed by atoms with E-state index in [1.54, 1.807) is 7.05 Å². The smallest absolute Gasteiger partial charge is 0.417 e. The van der Waals surface area contributed by atoms with Crippen LogP contribution in [0.5, 0.6) is 0 Å². The second kappa shape index (κ2) is 11.0. The number of imide groups is 1. The summed E-state index contributed by atoms with van der Waals surface area (Å²) in [6, 6.07) is 0.421. The Morgan fingerprint density at radius 1 is 1.30 bits per heavy atom. The quantitative estimate of drug-likeness (QED) is 0.211. The van der Waals surface area contributed by atoms with Crippen molar-refractivity contribution in [1.29, 1.82) is 0 Å². The van der Waals surface area contributed by atoms with Crippen LogP contribution in [0.15, 0.2) is 39.2 Å². The van der Waals surface area contributed by atoms with Gasteiger partial charge in [-0.1, -0.05) is 11.8 Å². The SMILES string of the molecule is Cn1nnnc1SCC1=C(C(=O)O)N2C(=O)[C@H](NC(=O)C(NC(=O)CN3C(=O)COC3=O)c3ccco3)C2SC1. The molecule has 2 fully saturated rings. The molecule has 0 spiro atoms. The van der Waals surface area contributed by atoms with E-state index in [4.69, 9.17) is 4.42 Å². The fraction of sp³-hybridized carbons (Fsp3) is 0.381. The first kappa shape index (κ1) is 27.2. The lowest BCUT2D eigenvalue weighted by atomic mass is 10.0. The van der Waals surface area contributed by atoms with Crippen LogP contribution in [0.1, 0.15) is 11.8 Å². The molecule has 0 aromatic carbocycles. The molecule has 17 nitrogen and oxygen atoms in total. The number of aliphatic carboxylic acids is 1. The van der Waals surface area contributed by atoms with Crippen molar-refractivity contribution in [2.75, 3.05) is 24.7 Å². The van der Waals surface area contributed by atoms with E-state index >= 15 is 0 Å². The van der Waals surface area contributed by atoms with Gasteiger partial charge in [0.25, 0.3) is 17.7 Å². The average molecular weight is 593 g/mol. The average Bonchev–Trinajstić information content (AvgIpc) is 3.67. The monoisotopic (exact) mass is 592 g/mol. The minimum atomic E-state index is -1.41. The number of nitrogens with one attached hydrogen (secondary N) is 2. The second-order valence-electron chi connectivity index (χ2n) is 8.58. The van der Waals surface area contributed by atoms with E-state index in [0.717, 1.165) is 4.90 Å². The van der Waals surface area contributed by atoms with Crippen LogP contribution in [0.2, 0.25) is 0 Å². The number of aromatic nitrogens is 4. The number of amides is 5. The molecule has 19 heteroatoms. The lowest BCUT2D eigenvalue weighted by Crippen LogP contribution is -2.71. The van der Waals surface area contributed by atoms with Crippen LogP contribution < -0.4 is 10.6 Å². The Bertz CT molecular complexity index is 1410. The zero-order valence-corrected chi connectivity index (χ0v) is 22.1. The van der Waals surface area contributed by atoms with E-state index in [-0.39, 0.29) is 23.0 Å². The lowest BCUT2D eigenvalue weighted by molar-refractivity contribution is -0.151. The Hall–Kier alpha value is -4.39. The number of carbonyl (C=O) groups is 6. The maximum Gasteiger partial charge on any atom is 0.417 e. The molecule has 40 heavy (non-hydrogen) atoms. The summed E-state index contributed by atoms with van der Waals surface area (Å²) in [5, 5.41) is 25.7. The van der Waals surface area contributed by atoms with Gasteiger partial charge in [-0.2, -0.15) is 0 Å². The van der Waals surface area contributed by atoms with Crippen LogP contribution in [0.25, 0.3) is 0 Å². The summed E-state index contributed by atoms with van der Waals surface area (Å²) in [5.74, 6) is -3.75. The number of fused-ring (bicyclic) bond motifs is 1. The Balaban J connectivity index is 1.27. The molecule has 210 valence electrons. The number of thioether (sulfide) groups is 2. The lowest BCUT2D eigenvalue weighted by Gasteiger charge is -2.49. The van der Waals surface area contributed by atoms with Gasteiger partial charge in [-0.25, -0.2) is 19.2 Å². The van der Waals surface area contributed by atoms with Crippen LogP contribution in [-0.2, 0) is 35.8 Å². The third-order valence-corrected chi connectivity index (χ3v) is 8.48. The van der Waals surface area contributed by atoms with E-state index in [2.05, 4.69) is 30.9 Å². The minimum Gasteiger partial charge on any atom is -0.477 e. The van der Waals surface area contributed by atoms with E-state index in [0.29, 0.717) is 15.6 Å². The Labute approximate surface area is 232 Å². The van der Waals surface area contributed by atoms with Crippen molar-refractivity contribution in [2.45, 2.75) is 22.6 Å². The number of nitrogens with zero attached hydrogens (tertiary/aromatic N) is 6.